The average molecular weight is 224 g/mol. The van der Waals surface area contributed by atoms with Crippen molar-refractivity contribution in [2.75, 3.05) is 0 Å². The van der Waals surface area contributed by atoms with Gasteiger partial charge in [0.25, 0.3) is 0 Å². The van der Waals surface area contributed by atoms with Gasteiger partial charge < -0.3 is 5.21 Å². The summed E-state index contributed by atoms with van der Waals surface area (Å²) in [6.07, 6.45) is 5.47. The van der Waals surface area contributed by atoms with Crippen molar-refractivity contribution in [1.82, 2.24) is 4.98 Å². The second-order valence-corrected chi connectivity index (χ2v) is 4.14. The van der Waals surface area contributed by atoms with Crippen molar-refractivity contribution in [3.05, 3.63) is 65.0 Å². The molecule has 0 unspecified atom stereocenters. The third-order valence-electron chi connectivity index (χ3n) is 3.19. The largest absolute Gasteiger partial charge is 0.410 e. The molecule has 1 aliphatic rings. The van der Waals surface area contributed by atoms with Crippen LogP contribution >= 0.6 is 0 Å². The summed E-state index contributed by atoms with van der Waals surface area (Å²) in [7, 11) is 0. The molecule has 1 aromatic carbocycles. The van der Waals surface area contributed by atoms with Crippen molar-refractivity contribution in [1.29, 1.82) is 0 Å². The number of hydrogen-bond donors (Lipinski definition) is 1. The van der Waals surface area contributed by atoms with Crippen molar-refractivity contribution < 1.29 is 5.21 Å². The van der Waals surface area contributed by atoms with E-state index in [-0.39, 0.29) is 0 Å². The van der Waals surface area contributed by atoms with Gasteiger partial charge in [0, 0.05) is 23.5 Å². The summed E-state index contributed by atoms with van der Waals surface area (Å²) in [4.78, 5) is 4.13. The Morgan fingerprint density at radius 2 is 1.76 bits per heavy atom. The standard InChI is InChI=1S/C14H12N2O/c17-16-14-12-4-2-1-3-10(12)5-6-11-9-15-8-7-13(11)14/h1-4,7-9,17H,5-6H2. The van der Waals surface area contributed by atoms with E-state index in [1.165, 1.54) is 5.56 Å². The first-order valence-electron chi connectivity index (χ1n) is 5.64. The smallest absolute Gasteiger partial charge is 0.117 e. The summed E-state index contributed by atoms with van der Waals surface area (Å²) in [5, 5.41) is 12.8. The van der Waals surface area contributed by atoms with Crippen molar-refractivity contribution in [3.8, 4) is 0 Å². The molecule has 3 heteroatoms. The first-order chi connectivity index (χ1) is 8.40. The van der Waals surface area contributed by atoms with Gasteiger partial charge >= 0.3 is 0 Å². The Morgan fingerprint density at radius 1 is 1.00 bits per heavy atom. The Kier molecular flexibility index (Phi) is 2.37. The van der Waals surface area contributed by atoms with Crippen LogP contribution in [0.3, 0.4) is 0 Å². The van der Waals surface area contributed by atoms with Crippen LogP contribution in [-0.2, 0) is 12.8 Å². The third-order valence-corrected chi connectivity index (χ3v) is 3.19. The van der Waals surface area contributed by atoms with Gasteiger partial charge in [0.1, 0.15) is 5.71 Å². The highest BCUT2D eigenvalue weighted by atomic mass is 16.4. The van der Waals surface area contributed by atoms with Crippen molar-refractivity contribution >= 4 is 5.71 Å². The molecule has 0 atom stereocenters. The summed E-state index contributed by atoms with van der Waals surface area (Å²) >= 11 is 0. The first kappa shape index (κ1) is 10.0. The number of benzene rings is 1. The van der Waals surface area contributed by atoms with Gasteiger partial charge in [0.2, 0.25) is 0 Å². The van der Waals surface area contributed by atoms with E-state index in [1.807, 2.05) is 30.5 Å². The van der Waals surface area contributed by atoms with Crippen LogP contribution in [0.25, 0.3) is 0 Å². The predicted octanol–water partition coefficient (Wildman–Crippen LogP) is 2.41. The maximum atomic E-state index is 9.28. The first-order valence-corrected chi connectivity index (χ1v) is 5.64. The average Bonchev–Trinajstić information content (AvgIpc) is 2.55. The van der Waals surface area contributed by atoms with Gasteiger partial charge in [0.15, 0.2) is 0 Å². The molecule has 0 bridgehead atoms. The zero-order chi connectivity index (χ0) is 11.7. The Morgan fingerprint density at radius 3 is 2.65 bits per heavy atom. The summed E-state index contributed by atoms with van der Waals surface area (Å²) < 4.78 is 0. The molecule has 0 saturated carbocycles. The lowest BCUT2D eigenvalue weighted by Gasteiger charge is -2.07. The molecule has 0 fully saturated rings. The number of nitrogens with zero attached hydrogens (tertiary/aromatic N) is 2. The van der Waals surface area contributed by atoms with Crippen LogP contribution in [0.1, 0.15) is 22.3 Å². The van der Waals surface area contributed by atoms with E-state index in [0.717, 1.165) is 29.5 Å². The fourth-order valence-electron chi connectivity index (χ4n) is 2.35. The number of rotatable bonds is 0. The molecule has 17 heavy (non-hydrogen) atoms. The minimum absolute atomic E-state index is 0.649. The van der Waals surface area contributed by atoms with E-state index in [4.69, 9.17) is 0 Å². The third kappa shape index (κ3) is 1.60. The van der Waals surface area contributed by atoms with E-state index in [0.29, 0.717) is 5.71 Å². The molecular weight excluding hydrogens is 212 g/mol. The van der Waals surface area contributed by atoms with Gasteiger partial charge in [-0.05, 0) is 30.0 Å². The molecule has 0 saturated heterocycles. The van der Waals surface area contributed by atoms with Crippen LogP contribution in [0, 0.1) is 0 Å². The van der Waals surface area contributed by atoms with E-state index >= 15 is 0 Å². The molecule has 1 heterocycles. The van der Waals surface area contributed by atoms with Crippen LogP contribution < -0.4 is 0 Å². The summed E-state index contributed by atoms with van der Waals surface area (Å²) in [6.45, 7) is 0. The molecule has 2 aromatic rings. The van der Waals surface area contributed by atoms with Gasteiger partial charge in [-0.15, -0.1) is 0 Å². The molecule has 1 aliphatic carbocycles. The van der Waals surface area contributed by atoms with Crippen molar-refractivity contribution in [2.45, 2.75) is 12.8 Å². The lowest BCUT2D eigenvalue weighted by Crippen LogP contribution is -2.06. The number of hydrogen-bond acceptors (Lipinski definition) is 3. The van der Waals surface area contributed by atoms with Gasteiger partial charge in [-0.25, -0.2) is 0 Å². The normalized spacial score (nSPS) is 16.1. The lowest BCUT2D eigenvalue weighted by molar-refractivity contribution is 0.319. The fourth-order valence-corrected chi connectivity index (χ4v) is 2.35. The maximum absolute atomic E-state index is 9.28. The monoisotopic (exact) mass is 224 g/mol. The van der Waals surface area contributed by atoms with Crippen LogP contribution in [0.4, 0.5) is 0 Å². The van der Waals surface area contributed by atoms with Crippen LogP contribution in [0.5, 0.6) is 0 Å². The van der Waals surface area contributed by atoms with Crippen LogP contribution in [0.15, 0.2) is 47.9 Å². The van der Waals surface area contributed by atoms with E-state index in [2.05, 4.69) is 16.2 Å². The highest BCUT2D eigenvalue weighted by molar-refractivity contribution is 6.14. The van der Waals surface area contributed by atoms with E-state index in [1.54, 1.807) is 6.20 Å². The number of fused-ring (bicyclic) bond motifs is 2. The quantitative estimate of drug-likeness (QED) is 0.551. The molecular formula is C14H12N2O. The van der Waals surface area contributed by atoms with Gasteiger partial charge in [-0.1, -0.05) is 29.4 Å². The zero-order valence-electron chi connectivity index (χ0n) is 9.30. The van der Waals surface area contributed by atoms with Gasteiger partial charge in [0.05, 0.1) is 0 Å². The van der Waals surface area contributed by atoms with Crippen LogP contribution in [-0.4, -0.2) is 15.9 Å². The predicted molar refractivity (Wildman–Crippen MR) is 65.5 cm³/mol. The number of aryl methyl sites for hydroxylation is 2. The molecule has 0 radical (unpaired) electrons. The summed E-state index contributed by atoms with van der Waals surface area (Å²) in [6, 6.07) is 9.98. The highest BCUT2D eigenvalue weighted by Gasteiger charge is 2.19. The minimum Gasteiger partial charge on any atom is -0.410 e. The number of pyridine rings is 1. The van der Waals surface area contributed by atoms with Gasteiger partial charge in [-0.2, -0.15) is 0 Å². The molecule has 3 rings (SSSR count). The summed E-state index contributed by atoms with van der Waals surface area (Å²) in [5.41, 5.74) is 5.00. The highest BCUT2D eigenvalue weighted by Crippen LogP contribution is 2.24. The number of aromatic nitrogens is 1. The van der Waals surface area contributed by atoms with E-state index < -0.39 is 0 Å². The minimum atomic E-state index is 0.649. The molecule has 84 valence electrons. The van der Waals surface area contributed by atoms with Crippen LogP contribution in [0.2, 0.25) is 0 Å². The number of oxime groups is 1. The SMILES string of the molecule is ON=C1c2ccccc2CCc2cnccc21. The maximum Gasteiger partial charge on any atom is 0.117 e. The van der Waals surface area contributed by atoms with Crippen molar-refractivity contribution in [2.24, 2.45) is 5.16 Å². The lowest BCUT2D eigenvalue weighted by atomic mass is 9.99. The second-order valence-electron chi connectivity index (χ2n) is 4.14. The molecule has 1 aromatic heterocycles. The topological polar surface area (TPSA) is 45.5 Å². The molecule has 0 spiro atoms. The molecule has 1 N–H and O–H groups in total. The van der Waals surface area contributed by atoms with Gasteiger partial charge in [-0.3, -0.25) is 4.98 Å². The molecule has 3 nitrogen and oxygen atoms in total. The summed E-state index contributed by atoms with van der Waals surface area (Å²) in [5.74, 6) is 0. The second kappa shape index (κ2) is 4.01. The van der Waals surface area contributed by atoms with Crippen molar-refractivity contribution in [3.63, 3.8) is 0 Å². The Hall–Kier alpha value is -2.16. The Balaban J connectivity index is 2.27. The Bertz CT molecular complexity index is 541. The van der Waals surface area contributed by atoms with E-state index in [9.17, 15) is 5.21 Å². The zero-order valence-corrected chi connectivity index (χ0v) is 9.30. The molecule has 0 aliphatic heterocycles. The molecule has 0 amide bonds. The Labute approximate surface area is 99.4 Å². The fraction of sp³-hybridized carbons (Fsp3) is 0.143.